The fourth-order valence-electron chi connectivity index (χ4n) is 1.31. The number of allylic oxidation sites excluding steroid dienone is 1. The molecule has 1 aromatic rings. The molecule has 0 spiro atoms. The molecule has 1 unspecified atom stereocenters. The van der Waals surface area contributed by atoms with E-state index in [9.17, 15) is 0 Å². The Labute approximate surface area is 97.6 Å². The molecule has 2 heteroatoms. The molecule has 1 aromatic carbocycles. The van der Waals surface area contributed by atoms with Gasteiger partial charge in [0.1, 0.15) is 12.4 Å². The van der Waals surface area contributed by atoms with E-state index < -0.39 is 0 Å². The monoisotopic (exact) mass is 220 g/mol. The van der Waals surface area contributed by atoms with Gasteiger partial charge in [-0.15, -0.1) is 0 Å². The smallest absolute Gasteiger partial charge is 0.126 e. The molecule has 0 amide bonds. The van der Waals surface area contributed by atoms with Crippen LogP contribution in [0.5, 0.6) is 5.75 Å². The normalized spacial score (nSPS) is 12.9. The Morgan fingerprint density at radius 1 is 1.38 bits per heavy atom. The van der Waals surface area contributed by atoms with Gasteiger partial charge in [0.05, 0.1) is 6.61 Å². The third-order valence-electron chi connectivity index (χ3n) is 2.52. The van der Waals surface area contributed by atoms with E-state index in [2.05, 4.69) is 26.0 Å². The average Bonchev–Trinajstić information content (AvgIpc) is 2.34. The Morgan fingerprint density at radius 3 is 2.81 bits per heavy atom. The second kappa shape index (κ2) is 7.07. The van der Waals surface area contributed by atoms with E-state index in [1.807, 2.05) is 24.3 Å². The fraction of sp³-hybridized carbons (Fsp3) is 0.429. The predicted molar refractivity (Wildman–Crippen MR) is 67.5 cm³/mol. The Bertz CT molecular complexity index is 331. The molecule has 1 rings (SSSR count). The highest BCUT2D eigenvalue weighted by molar-refractivity contribution is 5.57. The maximum absolute atomic E-state index is 8.73. The van der Waals surface area contributed by atoms with Crippen molar-refractivity contribution in [2.45, 2.75) is 20.3 Å². The summed E-state index contributed by atoms with van der Waals surface area (Å²) in [5.41, 5.74) is 1.07. The first-order chi connectivity index (χ1) is 7.77. The van der Waals surface area contributed by atoms with Crippen LogP contribution >= 0.6 is 0 Å². The summed E-state index contributed by atoms with van der Waals surface area (Å²) in [7, 11) is 0. The number of hydrogen-bond acceptors (Lipinski definition) is 2. The number of rotatable bonds is 6. The zero-order chi connectivity index (χ0) is 11.8. The molecule has 0 aliphatic heterocycles. The molecular formula is C14H20O2. The van der Waals surface area contributed by atoms with Crippen LogP contribution in [0.2, 0.25) is 0 Å². The lowest BCUT2D eigenvalue weighted by atomic mass is 10.1. The van der Waals surface area contributed by atoms with Crippen LogP contribution < -0.4 is 4.74 Å². The summed E-state index contributed by atoms with van der Waals surface area (Å²) in [6.07, 6.45) is 5.40. The van der Waals surface area contributed by atoms with Crippen molar-refractivity contribution in [3.8, 4) is 5.75 Å². The van der Waals surface area contributed by atoms with E-state index in [1.54, 1.807) is 0 Å². The molecule has 0 saturated heterocycles. The molecular weight excluding hydrogens is 200 g/mol. The molecule has 1 N–H and O–H groups in total. The first-order valence-electron chi connectivity index (χ1n) is 5.78. The van der Waals surface area contributed by atoms with Crippen molar-refractivity contribution in [3.05, 3.63) is 35.9 Å². The van der Waals surface area contributed by atoms with E-state index in [1.165, 1.54) is 0 Å². The summed E-state index contributed by atoms with van der Waals surface area (Å²) < 4.78 is 5.45. The maximum Gasteiger partial charge on any atom is 0.126 e. The van der Waals surface area contributed by atoms with Gasteiger partial charge in [0.2, 0.25) is 0 Å². The van der Waals surface area contributed by atoms with Gasteiger partial charge in [-0.2, -0.15) is 0 Å². The first kappa shape index (κ1) is 12.8. The van der Waals surface area contributed by atoms with Crippen molar-refractivity contribution in [1.82, 2.24) is 0 Å². The van der Waals surface area contributed by atoms with E-state index in [4.69, 9.17) is 9.84 Å². The highest BCUT2D eigenvalue weighted by atomic mass is 16.5. The molecule has 0 radical (unpaired) electrons. The molecule has 88 valence electrons. The van der Waals surface area contributed by atoms with Gasteiger partial charge in [-0.25, -0.2) is 0 Å². The number of ether oxygens (including phenoxy) is 1. The lowest BCUT2D eigenvalue weighted by Crippen LogP contribution is -2.02. The molecule has 0 heterocycles. The van der Waals surface area contributed by atoms with Crippen LogP contribution in [-0.4, -0.2) is 18.3 Å². The largest absolute Gasteiger partial charge is 0.491 e. The van der Waals surface area contributed by atoms with E-state index in [0.717, 1.165) is 17.7 Å². The van der Waals surface area contributed by atoms with Crippen molar-refractivity contribution >= 4 is 6.08 Å². The summed E-state index contributed by atoms with van der Waals surface area (Å²) in [6, 6.07) is 7.87. The van der Waals surface area contributed by atoms with Gasteiger partial charge >= 0.3 is 0 Å². The summed E-state index contributed by atoms with van der Waals surface area (Å²) in [5.74, 6) is 1.40. The standard InChI is InChI=1S/C14H20O2/c1-3-12(2)8-9-13-6-4-5-7-14(13)16-11-10-15/h4-9,12,15H,3,10-11H2,1-2H3/b9-8+. The van der Waals surface area contributed by atoms with Gasteiger partial charge in [-0.3, -0.25) is 0 Å². The Balaban J connectivity index is 2.74. The van der Waals surface area contributed by atoms with Gasteiger partial charge < -0.3 is 9.84 Å². The number of aliphatic hydroxyl groups excluding tert-OH is 1. The van der Waals surface area contributed by atoms with Crippen LogP contribution in [0.4, 0.5) is 0 Å². The van der Waals surface area contributed by atoms with Crippen molar-refractivity contribution < 1.29 is 9.84 Å². The number of hydrogen-bond donors (Lipinski definition) is 1. The van der Waals surface area contributed by atoms with Gasteiger partial charge in [-0.05, 0) is 12.0 Å². The second-order valence-corrected chi connectivity index (χ2v) is 3.85. The second-order valence-electron chi connectivity index (χ2n) is 3.85. The Hall–Kier alpha value is -1.28. The van der Waals surface area contributed by atoms with Crippen LogP contribution in [0.3, 0.4) is 0 Å². The van der Waals surface area contributed by atoms with Crippen LogP contribution in [0.15, 0.2) is 30.3 Å². The van der Waals surface area contributed by atoms with E-state index in [-0.39, 0.29) is 6.61 Å². The summed E-state index contributed by atoms with van der Waals surface area (Å²) >= 11 is 0. The van der Waals surface area contributed by atoms with Gasteiger partial charge in [0.15, 0.2) is 0 Å². The topological polar surface area (TPSA) is 29.5 Å². The molecule has 2 nitrogen and oxygen atoms in total. The van der Waals surface area contributed by atoms with Crippen molar-refractivity contribution in [3.63, 3.8) is 0 Å². The molecule has 1 atom stereocenters. The molecule has 16 heavy (non-hydrogen) atoms. The number of aliphatic hydroxyl groups is 1. The molecule has 0 bridgehead atoms. The van der Waals surface area contributed by atoms with Crippen LogP contribution in [0, 0.1) is 5.92 Å². The zero-order valence-electron chi connectivity index (χ0n) is 10.0. The summed E-state index contributed by atoms with van der Waals surface area (Å²) in [6.45, 7) is 4.74. The molecule has 0 aliphatic carbocycles. The first-order valence-corrected chi connectivity index (χ1v) is 5.78. The lowest BCUT2D eigenvalue weighted by molar-refractivity contribution is 0.201. The highest BCUT2D eigenvalue weighted by Crippen LogP contribution is 2.20. The number of para-hydroxylation sites is 1. The predicted octanol–water partition coefficient (Wildman–Crippen LogP) is 3.12. The zero-order valence-corrected chi connectivity index (χ0v) is 10.0. The molecule has 0 aliphatic rings. The minimum absolute atomic E-state index is 0.0451. The molecule has 0 aromatic heterocycles. The number of benzene rings is 1. The third-order valence-corrected chi connectivity index (χ3v) is 2.52. The van der Waals surface area contributed by atoms with Crippen molar-refractivity contribution in [2.24, 2.45) is 5.92 Å². The summed E-state index contributed by atoms with van der Waals surface area (Å²) in [5, 5.41) is 8.73. The summed E-state index contributed by atoms with van der Waals surface area (Å²) in [4.78, 5) is 0. The van der Waals surface area contributed by atoms with Gasteiger partial charge in [-0.1, -0.05) is 50.6 Å². The fourth-order valence-corrected chi connectivity index (χ4v) is 1.31. The lowest BCUT2D eigenvalue weighted by Gasteiger charge is -2.08. The van der Waals surface area contributed by atoms with Crippen molar-refractivity contribution in [1.29, 1.82) is 0 Å². The average molecular weight is 220 g/mol. The van der Waals surface area contributed by atoms with Crippen molar-refractivity contribution in [2.75, 3.05) is 13.2 Å². The molecule has 0 saturated carbocycles. The molecule has 0 fully saturated rings. The van der Waals surface area contributed by atoms with E-state index in [0.29, 0.717) is 12.5 Å². The SMILES string of the molecule is CCC(C)/C=C/c1ccccc1OCCO. The minimum Gasteiger partial charge on any atom is -0.491 e. The maximum atomic E-state index is 8.73. The van der Waals surface area contributed by atoms with Crippen LogP contribution in [-0.2, 0) is 0 Å². The third kappa shape index (κ3) is 4.07. The quantitative estimate of drug-likeness (QED) is 0.798. The van der Waals surface area contributed by atoms with Gasteiger partial charge in [0, 0.05) is 5.56 Å². The van der Waals surface area contributed by atoms with E-state index >= 15 is 0 Å². The van der Waals surface area contributed by atoms with Gasteiger partial charge in [0.25, 0.3) is 0 Å². The van der Waals surface area contributed by atoms with Crippen LogP contribution in [0.1, 0.15) is 25.8 Å². The Kier molecular flexibility index (Phi) is 5.65. The van der Waals surface area contributed by atoms with Crippen LogP contribution in [0.25, 0.3) is 6.08 Å². The highest BCUT2D eigenvalue weighted by Gasteiger charge is 1.99. The minimum atomic E-state index is 0.0451. The Morgan fingerprint density at radius 2 is 2.12 bits per heavy atom.